The molecule has 1 aromatic rings. The van der Waals surface area contributed by atoms with Crippen molar-refractivity contribution in [3.05, 3.63) is 58.2 Å². The first kappa shape index (κ1) is 17.0. The van der Waals surface area contributed by atoms with Crippen LogP contribution < -0.4 is 0 Å². The molecule has 0 aliphatic heterocycles. The summed E-state index contributed by atoms with van der Waals surface area (Å²) in [6, 6.07) is 7.01. The molecule has 0 amide bonds. The second-order valence-electron chi connectivity index (χ2n) is 8.57. The van der Waals surface area contributed by atoms with Crippen LogP contribution in [0.15, 0.2) is 41.5 Å². The Balaban J connectivity index is 1.70. The lowest BCUT2D eigenvalue weighted by molar-refractivity contribution is -0.132. The van der Waals surface area contributed by atoms with E-state index in [-0.39, 0.29) is 10.8 Å². The highest BCUT2D eigenvalue weighted by molar-refractivity contribution is 5.94. The maximum atomic E-state index is 10.8. The molecule has 0 aromatic heterocycles. The minimum absolute atomic E-state index is 0.256. The van der Waals surface area contributed by atoms with Gasteiger partial charge in [-0.25, -0.2) is 4.79 Å². The molecule has 24 heavy (non-hydrogen) atoms. The number of aryl methyl sites for hydroxylation is 1. The zero-order valence-electron chi connectivity index (χ0n) is 15.3. The Morgan fingerprint density at radius 1 is 1.12 bits per heavy atom. The largest absolute Gasteiger partial charge is 0.478 e. The lowest BCUT2D eigenvalue weighted by Crippen LogP contribution is -2.33. The predicted octanol–water partition coefficient (Wildman–Crippen LogP) is 5.31. The molecule has 0 spiro atoms. The highest BCUT2D eigenvalue weighted by Gasteiger charge is 2.36. The van der Waals surface area contributed by atoms with Gasteiger partial charge in [0.2, 0.25) is 0 Å². The third-order valence-electron chi connectivity index (χ3n) is 5.72. The molecule has 2 nitrogen and oxygen atoms in total. The Labute approximate surface area is 145 Å². The van der Waals surface area contributed by atoms with Gasteiger partial charge in [0.25, 0.3) is 0 Å². The Kier molecular flexibility index (Phi) is 4.19. The number of carboxylic acid groups (broad SMARTS) is 1. The van der Waals surface area contributed by atoms with E-state index in [1.54, 1.807) is 0 Å². The molecule has 3 rings (SSSR count). The van der Waals surface area contributed by atoms with E-state index in [1.165, 1.54) is 29.5 Å². The van der Waals surface area contributed by atoms with Gasteiger partial charge in [0, 0.05) is 12.0 Å². The van der Waals surface area contributed by atoms with E-state index in [1.807, 2.05) is 6.08 Å². The number of carboxylic acids is 1. The molecular formula is C22H28O2. The first-order valence-electron chi connectivity index (χ1n) is 8.96. The smallest absolute Gasteiger partial charge is 0.332 e. The van der Waals surface area contributed by atoms with Crippen LogP contribution in [0.3, 0.4) is 0 Å². The summed E-state index contributed by atoms with van der Waals surface area (Å²) in [6.45, 7) is 9.43. The van der Waals surface area contributed by atoms with E-state index < -0.39 is 5.97 Å². The summed E-state index contributed by atoms with van der Waals surface area (Å²) in [5.41, 5.74) is 6.48. The summed E-state index contributed by atoms with van der Waals surface area (Å²) in [6.07, 6.45) is 9.19. The Hall–Kier alpha value is -1.83. The third-order valence-corrected chi connectivity index (χ3v) is 5.72. The zero-order valence-corrected chi connectivity index (χ0v) is 15.3. The first-order chi connectivity index (χ1) is 11.2. The molecule has 0 heterocycles. The van der Waals surface area contributed by atoms with Crippen molar-refractivity contribution in [2.45, 2.75) is 70.6 Å². The Morgan fingerprint density at radius 2 is 1.79 bits per heavy atom. The third kappa shape index (κ3) is 3.33. The molecule has 2 aliphatic carbocycles. The lowest BCUT2D eigenvalue weighted by Gasteiger charge is -2.42. The molecule has 1 N–H and O–H groups in total. The average molecular weight is 324 g/mol. The number of aliphatic carboxylic acids is 1. The molecule has 0 saturated heterocycles. The van der Waals surface area contributed by atoms with Gasteiger partial charge in [0.1, 0.15) is 0 Å². The van der Waals surface area contributed by atoms with Crippen molar-refractivity contribution in [3.63, 3.8) is 0 Å². The van der Waals surface area contributed by atoms with Gasteiger partial charge in [-0.3, -0.25) is 0 Å². The van der Waals surface area contributed by atoms with Crippen molar-refractivity contribution in [1.29, 1.82) is 0 Å². The van der Waals surface area contributed by atoms with Crippen molar-refractivity contribution < 1.29 is 9.90 Å². The van der Waals surface area contributed by atoms with E-state index in [4.69, 9.17) is 5.11 Å². The Bertz CT molecular complexity index is 732. The SMILES string of the molecule is CC1(C)CCC(C)(C)c2cc(CCC=CC3=C(C(=O)O)C3)ccc21. The summed E-state index contributed by atoms with van der Waals surface area (Å²) in [5.74, 6) is -0.769. The highest BCUT2D eigenvalue weighted by Crippen LogP contribution is 2.45. The molecule has 2 heteroatoms. The molecule has 0 radical (unpaired) electrons. The molecule has 0 unspecified atom stereocenters. The Morgan fingerprint density at radius 3 is 2.42 bits per heavy atom. The number of allylic oxidation sites excluding steroid dienone is 3. The van der Waals surface area contributed by atoms with Gasteiger partial charge in [-0.1, -0.05) is 58.0 Å². The van der Waals surface area contributed by atoms with Gasteiger partial charge in [-0.15, -0.1) is 0 Å². The number of rotatable bonds is 5. The van der Waals surface area contributed by atoms with Crippen molar-refractivity contribution in [2.75, 3.05) is 0 Å². The molecule has 0 fully saturated rings. The number of hydrogen-bond donors (Lipinski definition) is 1. The minimum atomic E-state index is -0.769. The quantitative estimate of drug-likeness (QED) is 0.797. The summed E-state index contributed by atoms with van der Waals surface area (Å²) in [5, 5.41) is 8.87. The van der Waals surface area contributed by atoms with Crippen LogP contribution in [0.4, 0.5) is 0 Å². The van der Waals surface area contributed by atoms with Crippen LogP contribution >= 0.6 is 0 Å². The van der Waals surface area contributed by atoms with Crippen LogP contribution in [0.5, 0.6) is 0 Å². The fourth-order valence-corrected chi connectivity index (χ4v) is 3.79. The van der Waals surface area contributed by atoms with Crippen LogP contribution in [0.2, 0.25) is 0 Å². The second-order valence-corrected chi connectivity index (χ2v) is 8.57. The van der Waals surface area contributed by atoms with Gasteiger partial charge in [-0.05, 0) is 58.8 Å². The van der Waals surface area contributed by atoms with E-state index in [2.05, 4.69) is 52.0 Å². The summed E-state index contributed by atoms with van der Waals surface area (Å²) < 4.78 is 0. The van der Waals surface area contributed by atoms with Crippen LogP contribution in [-0.2, 0) is 22.0 Å². The van der Waals surface area contributed by atoms with Crippen molar-refractivity contribution >= 4 is 5.97 Å². The van der Waals surface area contributed by atoms with Crippen molar-refractivity contribution in [2.24, 2.45) is 0 Å². The minimum Gasteiger partial charge on any atom is -0.478 e. The fourth-order valence-electron chi connectivity index (χ4n) is 3.79. The number of hydrogen-bond acceptors (Lipinski definition) is 1. The maximum Gasteiger partial charge on any atom is 0.332 e. The molecule has 2 aliphatic rings. The monoisotopic (exact) mass is 324 g/mol. The fraction of sp³-hybridized carbons (Fsp3) is 0.500. The van der Waals surface area contributed by atoms with Gasteiger partial charge in [0.05, 0.1) is 0 Å². The van der Waals surface area contributed by atoms with E-state index in [0.29, 0.717) is 12.0 Å². The molecule has 128 valence electrons. The second kappa shape index (κ2) is 5.91. The molecular weight excluding hydrogens is 296 g/mol. The van der Waals surface area contributed by atoms with Crippen molar-refractivity contribution in [1.82, 2.24) is 0 Å². The standard InChI is InChI=1S/C22H28O2/c1-21(2)11-12-22(3,4)19-13-15(9-10-18(19)21)7-5-6-8-16-14-17(16)20(23)24/h6,8-10,13H,5,7,11-12,14H2,1-4H3,(H,23,24). The van der Waals surface area contributed by atoms with Gasteiger partial charge in [-0.2, -0.15) is 0 Å². The predicted molar refractivity (Wildman–Crippen MR) is 98.5 cm³/mol. The maximum absolute atomic E-state index is 10.8. The van der Waals surface area contributed by atoms with E-state index in [0.717, 1.165) is 18.4 Å². The van der Waals surface area contributed by atoms with Crippen LogP contribution in [-0.4, -0.2) is 11.1 Å². The average Bonchev–Trinajstić information content (AvgIpc) is 3.28. The molecule has 0 atom stereocenters. The molecule has 1 aromatic carbocycles. The summed E-state index contributed by atoms with van der Waals surface area (Å²) in [7, 11) is 0. The van der Waals surface area contributed by atoms with Crippen LogP contribution in [0.25, 0.3) is 0 Å². The number of carbonyl (C=O) groups is 1. The highest BCUT2D eigenvalue weighted by atomic mass is 16.4. The van der Waals surface area contributed by atoms with E-state index >= 15 is 0 Å². The van der Waals surface area contributed by atoms with Gasteiger partial charge >= 0.3 is 5.97 Å². The topological polar surface area (TPSA) is 37.3 Å². The number of fused-ring (bicyclic) bond motifs is 1. The molecule has 0 bridgehead atoms. The van der Waals surface area contributed by atoms with Gasteiger partial charge < -0.3 is 5.11 Å². The van der Waals surface area contributed by atoms with Crippen LogP contribution in [0, 0.1) is 0 Å². The van der Waals surface area contributed by atoms with E-state index in [9.17, 15) is 4.79 Å². The number of benzene rings is 1. The zero-order chi connectivity index (χ0) is 17.5. The van der Waals surface area contributed by atoms with Crippen molar-refractivity contribution in [3.8, 4) is 0 Å². The lowest BCUT2D eigenvalue weighted by atomic mass is 9.63. The van der Waals surface area contributed by atoms with Gasteiger partial charge in [0.15, 0.2) is 0 Å². The first-order valence-corrected chi connectivity index (χ1v) is 8.96. The summed E-state index contributed by atoms with van der Waals surface area (Å²) >= 11 is 0. The molecule has 0 saturated carbocycles. The van der Waals surface area contributed by atoms with Crippen LogP contribution in [0.1, 0.15) is 70.1 Å². The summed E-state index contributed by atoms with van der Waals surface area (Å²) in [4.78, 5) is 10.8. The normalized spacial score (nSPS) is 21.0.